The van der Waals surface area contributed by atoms with Gasteiger partial charge in [0.1, 0.15) is 35.2 Å². The van der Waals surface area contributed by atoms with Gasteiger partial charge in [0.15, 0.2) is 5.65 Å². The molecule has 0 spiro atoms. The minimum Gasteiger partial charge on any atom is -0.391 e. The summed E-state index contributed by atoms with van der Waals surface area (Å²) >= 11 is 1.58. The van der Waals surface area contributed by atoms with Crippen LogP contribution in [0.25, 0.3) is 27.5 Å². The summed E-state index contributed by atoms with van der Waals surface area (Å²) in [7, 11) is 0. The van der Waals surface area contributed by atoms with E-state index in [1.807, 2.05) is 103 Å². The van der Waals surface area contributed by atoms with E-state index < -0.39 is 23.6 Å². The molecule has 6 aromatic rings. The number of imidazole rings is 1. The van der Waals surface area contributed by atoms with E-state index >= 15 is 0 Å². The molecule has 9 rings (SSSR count). The zero-order valence-corrected chi connectivity index (χ0v) is 45.1. The van der Waals surface area contributed by atoms with Gasteiger partial charge in [-0.25, -0.2) is 23.9 Å². The van der Waals surface area contributed by atoms with Gasteiger partial charge in [-0.05, 0) is 91.1 Å². The van der Waals surface area contributed by atoms with Gasteiger partial charge in [-0.15, -0.1) is 16.4 Å². The molecule has 3 aliphatic rings. The standard InChI is InChI=1S/C58H72FN11O5S/c1-39-54(76-38-62-39)41-24-22-40(23-25-41)35-61-56(74)47-34-44(71)37-69(47)57(75)55(58(2,3)4)64-52(72)20-10-8-6-5-7-9-11-21-53(73)67-31-29-66(30-32-67)50-19-13-17-45(63-50)48-36-60-49-26-27-51(65-70(48)49)68-28-14-18-46(68)42-15-12-16-43(59)33-42/h12-13,15-17,19,22-27,33,36,38,44,46-47,55,71H,5-11,14,18,20-21,28-32,34-35,37H2,1-4H3,(H,61,74)(H,64,72)/t44-,46?,47+,55-/m1/s1. The first kappa shape index (κ1) is 54.0. The molecule has 2 aromatic carbocycles. The maximum absolute atomic E-state index is 14.2. The first-order valence-electron chi connectivity index (χ1n) is 27.1. The van der Waals surface area contributed by atoms with Gasteiger partial charge in [-0.2, -0.15) is 0 Å². The van der Waals surface area contributed by atoms with Crippen LogP contribution >= 0.6 is 11.3 Å². The molecule has 402 valence electrons. The summed E-state index contributed by atoms with van der Waals surface area (Å²) in [6, 6.07) is 23.0. The molecule has 18 heteroatoms. The van der Waals surface area contributed by atoms with Crippen molar-refractivity contribution in [3.8, 4) is 21.8 Å². The molecule has 3 fully saturated rings. The van der Waals surface area contributed by atoms with E-state index in [-0.39, 0.29) is 61.4 Å². The second kappa shape index (κ2) is 24.5. The Morgan fingerprint density at radius 3 is 2.30 bits per heavy atom. The molecule has 0 radical (unpaired) electrons. The number of aromatic nitrogens is 5. The van der Waals surface area contributed by atoms with Crippen molar-refractivity contribution in [2.45, 2.75) is 136 Å². The Morgan fingerprint density at radius 1 is 0.842 bits per heavy atom. The lowest BCUT2D eigenvalue weighted by atomic mass is 9.85. The van der Waals surface area contributed by atoms with Crippen molar-refractivity contribution in [2.24, 2.45) is 5.41 Å². The topological polar surface area (TPSA) is 182 Å². The summed E-state index contributed by atoms with van der Waals surface area (Å²) < 4.78 is 16.0. The number of aliphatic hydroxyl groups excluding tert-OH is 1. The number of hydrogen-bond acceptors (Lipinski definition) is 12. The molecule has 4 amide bonds. The summed E-state index contributed by atoms with van der Waals surface area (Å²) in [5.74, 6) is 0.697. The summed E-state index contributed by atoms with van der Waals surface area (Å²) in [6.45, 7) is 11.4. The molecule has 16 nitrogen and oxygen atoms in total. The first-order valence-corrected chi connectivity index (χ1v) is 28.0. The number of hydrogen-bond donors (Lipinski definition) is 3. The maximum atomic E-state index is 14.2. The normalized spacial score (nSPS) is 18.4. The van der Waals surface area contributed by atoms with Crippen LogP contribution in [0.5, 0.6) is 0 Å². The number of pyridine rings is 1. The predicted octanol–water partition coefficient (Wildman–Crippen LogP) is 8.67. The number of likely N-dealkylation sites (tertiary alicyclic amines) is 1. The van der Waals surface area contributed by atoms with Gasteiger partial charge >= 0.3 is 0 Å². The van der Waals surface area contributed by atoms with Gasteiger partial charge in [0.25, 0.3) is 0 Å². The molecule has 0 bridgehead atoms. The molecule has 0 aliphatic carbocycles. The Bertz CT molecular complexity index is 2970. The summed E-state index contributed by atoms with van der Waals surface area (Å²) in [5, 5.41) is 21.6. The van der Waals surface area contributed by atoms with E-state index in [2.05, 4.69) is 30.4 Å². The smallest absolute Gasteiger partial charge is 0.246 e. The number of carbonyl (C=O) groups is 4. The molecular formula is C58H72FN11O5S. The van der Waals surface area contributed by atoms with Crippen molar-refractivity contribution >= 4 is 52.2 Å². The minimum atomic E-state index is -0.863. The zero-order valence-electron chi connectivity index (χ0n) is 44.3. The van der Waals surface area contributed by atoms with Crippen LogP contribution < -0.4 is 20.4 Å². The third-order valence-corrected chi connectivity index (χ3v) is 16.1. The number of carbonyl (C=O) groups excluding carboxylic acids is 4. The summed E-state index contributed by atoms with van der Waals surface area (Å²) in [5.41, 5.74) is 7.35. The molecular weight excluding hydrogens is 982 g/mol. The monoisotopic (exact) mass is 1050 g/mol. The van der Waals surface area contributed by atoms with Gasteiger partial charge in [0, 0.05) is 65.1 Å². The van der Waals surface area contributed by atoms with E-state index in [0.29, 0.717) is 39.0 Å². The highest BCUT2D eigenvalue weighted by Crippen LogP contribution is 2.36. The second-order valence-electron chi connectivity index (χ2n) is 21.7. The van der Waals surface area contributed by atoms with Crippen LogP contribution in [0.4, 0.5) is 16.0 Å². The average molecular weight is 1050 g/mol. The lowest BCUT2D eigenvalue weighted by Crippen LogP contribution is -2.57. The number of unbranched alkanes of at least 4 members (excludes halogenated alkanes) is 6. The van der Waals surface area contributed by atoms with Crippen LogP contribution in [0.15, 0.2) is 90.6 Å². The van der Waals surface area contributed by atoms with Crippen molar-refractivity contribution in [1.29, 1.82) is 0 Å². The fourth-order valence-electron chi connectivity index (χ4n) is 10.8. The minimum absolute atomic E-state index is 0.0255. The molecule has 1 unspecified atom stereocenters. The average Bonchev–Trinajstić information content (AvgIpc) is 4.27. The van der Waals surface area contributed by atoms with E-state index in [9.17, 15) is 28.7 Å². The Labute approximate surface area is 449 Å². The van der Waals surface area contributed by atoms with Gasteiger partial charge in [0.05, 0.1) is 40.1 Å². The molecule has 7 heterocycles. The van der Waals surface area contributed by atoms with Crippen LogP contribution in [-0.4, -0.2) is 121 Å². The highest BCUT2D eigenvalue weighted by atomic mass is 32.1. The Balaban J connectivity index is 0.659. The highest BCUT2D eigenvalue weighted by Gasteiger charge is 2.44. The van der Waals surface area contributed by atoms with Crippen molar-refractivity contribution < 1.29 is 28.7 Å². The number of thiazole rings is 1. The fourth-order valence-corrected chi connectivity index (χ4v) is 11.6. The Morgan fingerprint density at radius 2 is 1.58 bits per heavy atom. The third-order valence-electron chi connectivity index (χ3n) is 15.1. The van der Waals surface area contributed by atoms with Crippen LogP contribution in [0, 0.1) is 18.2 Å². The number of β-amino-alcohol motifs (C(OH)–C–C–N with tert-alkyl or cyclic N) is 1. The third kappa shape index (κ3) is 13.1. The molecule has 3 aliphatic heterocycles. The lowest BCUT2D eigenvalue weighted by Gasteiger charge is -2.35. The van der Waals surface area contributed by atoms with Crippen LogP contribution in [0.1, 0.15) is 121 Å². The number of aliphatic hydroxyl groups is 1. The predicted molar refractivity (Wildman–Crippen MR) is 294 cm³/mol. The Kier molecular flexibility index (Phi) is 17.4. The van der Waals surface area contributed by atoms with E-state index in [1.165, 1.54) is 11.0 Å². The molecule has 4 atom stereocenters. The summed E-state index contributed by atoms with van der Waals surface area (Å²) in [4.78, 5) is 77.0. The number of piperazine rings is 1. The van der Waals surface area contributed by atoms with Crippen molar-refractivity contribution in [3.63, 3.8) is 0 Å². The Hall–Kier alpha value is -6.79. The van der Waals surface area contributed by atoms with Gasteiger partial charge < -0.3 is 35.3 Å². The first-order chi connectivity index (χ1) is 36.7. The van der Waals surface area contributed by atoms with E-state index in [4.69, 9.17) is 10.1 Å². The zero-order chi connectivity index (χ0) is 53.3. The molecule has 3 saturated heterocycles. The largest absolute Gasteiger partial charge is 0.391 e. The van der Waals surface area contributed by atoms with Gasteiger partial charge in [-0.3, -0.25) is 19.2 Å². The number of nitrogens with zero attached hydrogens (tertiary/aromatic N) is 9. The maximum Gasteiger partial charge on any atom is 0.246 e. The number of amides is 4. The van der Waals surface area contributed by atoms with Gasteiger partial charge in [-0.1, -0.05) is 95.3 Å². The number of halogens is 1. The van der Waals surface area contributed by atoms with Crippen LogP contribution in [0.2, 0.25) is 0 Å². The number of rotatable bonds is 20. The number of aryl methyl sites for hydroxylation is 1. The fraction of sp³-hybridized carbons (Fsp3) is 0.483. The second-order valence-corrected chi connectivity index (χ2v) is 22.5. The highest BCUT2D eigenvalue weighted by molar-refractivity contribution is 7.13. The SMILES string of the molecule is Cc1ncsc1-c1ccc(CNC(=O)[C@@H]2C[C@@H](O)CN2C(=O)[C@@H](NC(=O)CCCCCCCCCC(=O)N2CCN(c3cccc(-c4cnc5ccc(N6CCCC6c6cccc(F)c6)nn45)n3)CC2)C(C)(C)C)cc1. The number of anilines is 2. The number of benzene rings is 2. The number of nitrogens with one attached hydrogen (secondary N) is 2. The lowest BCUT2D eigenvalue weighted by molar-refractivity contribution is -0.144. The molecule has 4 aromatic heterocycles. The van der Waals surface area contributed by atoms with E-state index in [0.717, 1.165) is 114 Å². The van der Waals surface area contributed by atoms with Crippen molar-refractivity contribution in [1.82, 2.24) is 45.0 Å². The van der Waals surface area contributed by atoms with E-state index in [1.54, 1.807) is 29.7 Å². The van der Waals surface area contributed by atoms with Crippen molar-refractivity contribution in [2.75, 3.05) is 49.1 Å². The van der Waals surface area contributed by atoms with Gasteiger partial charge in [0.2, 0.25) is 23.6 Å². The molecule has 0 saturated carbocycles. The molecule has 76 heavy (non-hydrogen) atoms. The van der Waals surface area contributed by atoms with Crippen LogP contribution in [-0.2, 0) is 25.7 Å². The van der Waals surface area contributed by atoms with Crippen LogP contribution in [0.3, 0.4) is 0 Å². The van der Waals surface area contributed by atoms with Crippen molar-refractivity contribution in [3.05, 3.63) is 113 Å². The summed E-state index contributed by atoms with van der Waals surface area (Å²) in [6.07, 6.45) is 10.2. The molecule has 3 N–H and O–H groups in total. The number of fused-ring (bicyclic) bond motifs is 1. The quantitative estimate of drug-likeness (QED) is 0.0623.